The lowest BCUT2D eigenvalue weighted by Crippen LogP contribution is -2.44. The number of carbonyl (C=O) groups is 1. The predicted molar refractivity (Wildman–Crippen MR) is 87.5 cm³/mol. The van der Waals surface area contributed by atoms with Gasteiger partial charge in [0.2, 0.25) is 0 Å². The van der Waals surface area contributed by atoms with Gasteiger partial charge < -0.3 is 10.1 Å². The van der Waals surface area contributed by atoms with Gasteiger partial charge in [0.25, 0.3) is 5.56 Å². The number of aldehydes is 1. The molecule has 0 bridgehead atoms. The maximum atomic E-state index is 12.8. The van der Waals surface area contributed by atoms with E-state index < -0.39 is 0 Å². The van der Waals surface area contributed by atoms with Crippen LogP contribution in [0.2, 0.25) is 0 Å². The molecule has 1 unspecified atom stereocenters. The van der Waals surface area contributed by atoms with E-state index in [0.29, 0.717) is 12.2 Å². The number of carbonyl (C=O) groups excluding carboxylic acids is 1. The first kappa shape index (κ1) is 14.2. The molecule has 2 aromatic rings. The Bertz CT molecular complexity index is 794. The van der Waals surface area contributed by atoms with Crippen LogP contribution < -0.4 is 10.9 Å². The van der Waals surface area contributed by atoms with E-state index >= 15 is 0 Å². The normalized spacial score (nSPS) is 21.3. The fraction of sp³-hybridized carbons (Fsp3) is 0.389. The van der Waals surface area contributed by atoms with Crippen LogP contribution in [0.25, 0.3) is 0 Å². The SMILES string of the molecule is O=CC1CCc2cnc(NC3(c4ccccc4)CCC3)c(=O)n21. The number of nitrogens with zero attached hydrogens (tertiary/aromatic N) is 2. The first-order valence-electron chi connectivity index (χ1n) is 8.13. The van der Waals surface area contributed by atoms with E-state index in [4.69, 9.17) is 0 Å². The number of hydrogen-bond acceptors (Lipinski definition) is 4. The first-order valence-corrected chi connectivity index (χ1v) is 8.13. The summed E-state index contributed by atoms with van der Waals surface area (Å²) in [7, 11) is 0. The standard InChI is InChI=1S/C18H19N3O2/c22-12-15-8-7-14-11-19-16(17(23)21(14)15)20-18(9-4-10-18)13-5-2-1-3-6-13/h1-3,5-6,11-12,15H,4,7-10H2,(H,19,20). The lowest BCUT2D eigenvalue weighted by Gasteiger charge is -2.43. The van der Waals surface area contributed by atoms with Crippen molar-refractivity contribution in [1.29, 1.82) is 0 Å². The van der Waals surface area contributed by atoms with Crippen molar-refractivity contribution in [3.05, 3.63) is 58.1 Å². The molecule has 1 aromatic heterocycles. The summed E-state index contributed by atoms with van der Waals surface area (Å²) in [5.41, 5.74) is 1.64. The maximum Gasteiger partial charge on any atom is 0.294 e. The third kappa shape index (κ3) is 2.19. The molecule has 1 atom stereocenters. The van der Waals surface area contributed by atoms with Crippen LogP contribution in [-0.4, -0.2) is 15.8 Å². The monoisotopic (exact) mass is 309 g/mol. The van der Waals surface area contributed by atoms with E-state index in [1.54, 1.807) is 10.8 Å². The molecule has 1 saturated carbocycles. The van der Waals surface area contributed by atoms with Gasteiger partial charge in [0.05, 0.1) is 11.6 Å². The molecule has 23 heavy (non-hydrogen) atoms. The number of aromatic nitrogens is 2. The Labute approximate surface area is 134 Å². The summed E-state index contributed by atoms with van der Waals surface area (Å²) in [4.78, 5) is 28.3. The van der Waals surface area contributed by atoms with E-state index in [1.807, 2.05) is 18.2 Å². The third-order valence-corrected chi connectivity index (χ3v) is 5.15. The minimum absolute atomic E-state index is 0.181. The van der Waals surface area contributed by atoms with Crippen molar-refractivity contribution in [2.75, 3.05) is 5.32 Å². The zero-order valence-electron chi connectivity index (χ0n) is 12.9. The van der Waals surface area contributed by atoms with Crippen molar-refractivity contribution in [3.63, 3.8) is 0 Å². The Morgan fingerprint density at radius 2 is 2.04 bits per heavy atom. The largest absolute Gasteiger partial charge is 0.356 e. The lowest BCUT2D eigenvalue weighted by molar-refractivity contribution is -0.110. The van der Waals surface area contributed by atoms with E-state index in [2.05, 4.69) is 22.4 Å². The van der Waals surface area contributed by atoms with Crippen molar-refractivity contribution >= 4 is 12.1 Å². The molecular formula is C18H19N3O2. The number of anilines is 1. The minimum Gasteiger partial charge on any atom is -0.356 e. The van der Waals surface area contributed by atoms with Crippen LogP contribution >= 0.6 is 0 Å². The van der Waals surface area contributed by atoms with Gasteiger partial charge in [0.15, 0.2) is 5.82 Å². The molecule has 4 rings (SSSR count). The molecule has 1 aliphatic heterocycles. The van der Waals surface area contributed by atoms with Gasteiger partial charge in [-0.15, -0.1) is 0 Å². The molecule has 0 saturated heterocycles. The molecule has 2 aliphatic rings. The third-order valence-electron chi connectivity index (χ3n) is 5.15. The number of nitrogens with one attached hydrogen (secondary N) is 1. The highest BCUT2D eigenvalue weighted by Gasteiger charge is 2.39. The second kappa shape index (κ2) is 5.33. The van der Waals surface area contributed by atoms with Crippen molar-refractivity contribution in [2.24, 2.45) is 0 Å². The smallest absolute Gasteiger partial charge is 0.294 e. The summed E-state index contributed by atoms with van der Waals surface area (Å²) in [6.45, 7) is 0. The molecular weight excluding hydrogens is 290 g/mol. The maximum absolute atomic E-state index is 12.8. The summed E-state index contributed by atoms with van der Waals surface area (Å²) in [5, 5.41) is 3.39. The topological polar surface area (TPSA) is 64.0 Å². The second-order valence-electron chi connectivity index (χ2n) is 6.44. The van der Waals surface area contributed by atoms with Crippen LogP contribution in [0.4, 0.5) is 5.82 Å². The van der Waals surface area contributed by atoms with Crippen molar-refractivity contribution in [3.8, 4) is 0 Å². The quantitative estimate of drug-likeness (QED) is 0.881. The van der Waals surface area contributed by atoms with Crippen LogP contribution in [0.1, 0.15) is 43.0 Å². The van der Waals surface area contributed by atoms with Gasteiger partial charge in [-0.25, -0.2) is 4.98 Å². The molecule has 5 nitrogen and oxygen atoms in total. The number of benzene rings is 1. The molecule has 0 radical (unpaired) electrons. The molecule has 1 aromatic carbocycles. The Kier molecular flexibility index (Phi) is 3.29. The summed E-state index contributed by atoms with van der Waals surface area (Å²) in [5.74, 6) is 0.353. The molecule has 118 valence electrons. The average molecular weight is 309 g/mol. The highest BCUT2D eigenvalue weighted by molar-refractivity contribution is 5.58. The average Bonchev–Trinajstić information content (AvgIpc) is 2.97. The zero-order chi connectivity index (χ0) is 15.9. The Balaban J connectivity index is 1.72. The highest BCUT2D eigenvalue weighted by Crippen LogP contribution is 2.43. The molecule has 0 spiro atoms. The fourth-order valence-electron chi connectivity index (χ4n) is 3.69. The van der Waals surface area contributed by atoms with Gasteiger partial charge >= 0.3 is 0 Å². The van der Waals surface area contributed by atoms with Gasteiger partial charge in [0.1, 0.15) is 6.29 Å². The number of fused-ring (bicyclic) bond motifs is 1. The van der Waals surface area contributed by atoms with Gasteiger partial charge in [-0.1, -0.05) is 30.3 Å². The van der Waals surface area contributed by atoms with Gasteiger partial charge in [-0.2, -0.15) is 0 Å². The van der Waals surface area contributed by atoms with Crippen molar-refractivity contribution in [1.82, 2.24) is 9.55 Å². The van der Waals surface area contributed by atoms with Crippen LogP contribution in [-0.2, 0) is 16.8 Å². The van der Waals surface area contributed by atoms with Crippen LogP contribution in [0.15, 0.2) is 41.3 Å². The molecule has 5 heteroatoms. The Hall–Kier alpha value is -2.43. The van der Waals surface area contributed by atoms with E-state index in [0.717, 1.165) is 37.7 Å². The number of rotatable bonds is 4. The predicted octanol–water partition coefficient (Wildman–Crippen LogP) is 2.42. The zero-order valence-corrected chi connectivity index (χ0v) is 12.9. The van der Waals surface area contributed by atoms with Crippen LogP contribution in [0.3, 0.4) is 0 Å². The number of aryl methyl sites for hydroxylation is 1. The second-order valence-corrected chi connectivity index (χ2v) is 6.44. The van der Waals surface area contributed by atoms with Crippen molar-refractivity contribution < 1.29 is 4.79 Å². The van der Waals surface area contributed by atoms with Gasteiger partial charge in [-0.3, -0.25) is 9.36 Å². The summed E-state index contributed by atoms with van der Waals surface area (Å²) in [6.07, 6.45) is 7.10. The molecule has 1 N–H and O–H groups in total. The number of hydrogen-bond donors (Lipinski definition) is 1. The Morgan fingerprint density at radius 1 is 1.26 bits per heavy atom. The lowest BCUT2D eigenvalue weighted by atomic mass is 9.72. The fourth-order valence-corrected chi connectivity index (χ4v) is 3.69. The summed E-state index contributed by atoms with van der Waals surface area (Å²) in [6, 6.07) is 9.85. The van der Waals surface area contributed by atoms with E-state index in [9.17, 15) is 9.59 Å². The van der Waals surface area contributed by atoms with Gasteiger partial charge in [-0.05, 0) is 37.7 Å². The first-order chi connectivity index (χ1) is 11.2. The molecule has 0 amide bonds. The Morgan fingerprint density at radius 3 is 2.70 bits per heavy atom. The molecule has 1 aliphatic carbocycles. The van der Waals surface area contributed by atoms with Gasteiger partial charge in [0, 0.05) is 11.9 Å². The van der Waals surface area contributed by atoms with Crippen LogP contribution in [0, 0.1) is 0 Å². The van der Waals surface area contributed by atoms with E-state index in [1.165, 1.54) is 5.56 Å². The summed E-state index contributed by atoms with van der Waals surface area (Å²) >= 11 is 0. The van der Waals surface area contributed by atoms with E-state index in [-0.39, 0.29) is 17.1 Å². The minimum atomic E-state index is -0.352. The highest BCUT2D eigenvalue weighted by atomic mass is 16.1. The van der Waals surface area contributed by atoms with Crippen molar-refractivity contribution in [2.45, 2.75) is 43.7 Å². The summed E-state index contributed by atoms with van der Waals surface area (Å²) < 4.78 is 1.60. The van der Waals surface area contributed by atoms with Crippen LogP contribution in [0.5, 0.6) is 0 Å². The molecule has 1 fully saturated rings. The molecule has 2 heterocycles.